The molecule has 6 nitrogen and oxygen atoms in total. The molecule has 0 radical (unpaired) electrons. The Morgan fingerprint density at radius 1 is 1.32 bits per heavy atom. The quantitative estimate of drug-likeness (QED) is 0.809. The maximum atomic E-state index is 11.7. The fourth-order valence-corrected chi connectivity index (χ4v) is 2.24. The second kappa shape index (κ2) is 5.07. The monoisotopic (exact) mass is 268 g/mol. The number of methoxy groups -OCH3 is 3. The van der Waals surface area contributed by atoms with E-state index in [1.165, 1.54) is 21.3 Å². The van der Waals surface area contributed by atoms with E-state index in [1.54, 1.807) is 12.1 Å². The molecule has 19 heavy (non-hydrogen) atoms. The van der Waals surface area contributed by atoms with Gasteiger partial charge < -0.3 is 24.1 Å². The summed E-state index contributed by atoms with van der Waals surface area (Å²) in [6.07, 6.45) is 0.509. The number of rotatable bonds is 3. The van der Waals surface area contributed by atoms with Gasteiger partial charge in [0.15, 0.2) is 11.5 Å². The van der Waals surface area contributed by atoms with Gasteiger partial charge >= 0.3 is 5.97 Å². The summed E-state index contributed by atoms with van der Waals surface area (Å²) in [6, 6.07) is 3.19. The Hall–Kier alpha value is -1.79. The molecule has 1 aromatic carbocycles. The van der Waals surface area contributed by atoms with Crippen molar-refractivity contribution in [1.82, 2.24) is 0 Å². The molecule has 0 amide bonds. The minimum Gasteiger partial charge on any atom is -0.493 e. The van der Waals surface area contributed by atoms with Crippen LogP contribution < -0.4 is 9.47 Å². The molecule has 2 rings (SSSR count). The van der Waals surface area contributed by atoms with E-state index in [-0.39, 0.29) is 6.61 Å². The lowest BCUT2D eigenvalue weighted by molar-refractivity contribution is -0.236. The number of ether oxygens (including phenoxy) is 4. The van der Waals surface area contributed by atoms with Crippen LogP contribution in [0.5, 0.6) is 11.5 Å². The number of aliphatic hydroxyl groups is 1. The van der Waals surface area contributed by atoms with Crippen LogP contribution in [0, 0.1) is 0 Å². The van der Waals surface area contributed by atoms with Gasteiger partial charge in [0.2, 0.25) is 0 Å². The van der Waals surface area contributed by atoms with Crippen molar-refractivity contribution in [1.29, 1.82) is 0 Å². The van der Waals surface area contributed by atoms with E-state index < -0.39 is 11.8 Å². The molecule has 6 heteroatoms. The lowest BCUT2D eigenvalue weighted by Crippen LogP contribution is -2.43. The van der Waals surface area contributed by atoms with Crippen LogP contribution in [-0.2, 0) is 26.5 Å². The van der Waals surface area contributed by atoms with Crippen LogP contribution in [-0.4, -0.2) is 39.0 Å². The molecule has 0 aliphatic carbocycles. The van der Waals surface area contributed by atoms with Gasteiger partial charge in [0.05, 0.1) is 27.9 Å². The van der Waals surface area contributed by atoms with Crippen LogP contribution in [0.1, 0.15) is 11.1 Å². The summed E-state index contributed by atoms with van der Waals surface area (Å²) in [5.41, 5.74) is 1.00. The highest BCUT2D eigenvalue weighted by molar-refractivity contribution is 5.81. The van der Waals surface area contributed by atoms with E-state index in [4.69, 9.17) is 14.2 Å². The second-order valence-electron chi connectivity index (χ2n) is 4.06. The molecule has 0 spiro atoms. The predicted octanol–water partition coefficient (Wildman–Crippen LogP) is 0.595. The smallest absolute Gasteiger partial charge is 0.371 e. The first kappa shape index (κ1) is 13.6. The van der Waals surface area contributed by atoms with Crippen molar-refractivity contribution in [3.8, 4) is 11.5 Å². The third-order valence-corrected chi connectivity index (χ3v) is 3.14. The topological polar surface area (TPSA) is 74.2 Å². The van der Waals surface area contributed by atoms with E-state index in [0.717, 1.165) is 0 Å². The summed E-state index contributed by atoms with van der Waals surface area (Å²) in [6.45, 7) is 0.183. The molecule has 0 fully saturated rings. The Labute approximate surface area is 110 Å². The normalized spacial score (nSPS) is 21.5. The lowest BCUT2D eigenvalue weighted by atomic mass is 9.93. The van der Waals surface area contributed by atoms with Crippen molar-refractivity contribution in [2.45, 2.75) is 12.2 Å². The first-order valence-electron chi connectivity index (χ1n) is 5.77. The molecule has 0 aromatic heterocycles. The Kier molecular flexibility index (Phi) is 3.64. The summed E-state index contributed by atoms with van der Waals surface area (Å²) in [4.78, 5) is 11.7. The average molecular weight is 268 g/mol. The Morgan fingerprint density at radius 2 is 2.05 bits per heavy atom. The van der Waals surface area contributed by atoms with Gasteiger partial charge in [-0.2, -0.15) is 0 Å². The van der Waals surface area contributed by atoms with E-state index in [1.807, 2.05) is 0 Å². The van der Waals surface area contributed by atoms with Gasteiger partial charge in [-0.3, -0.25) is 0 Å². The standard InChI is InChI=1S/C13H16O6/c1-16-10-5-4-9-8(11(10)17-2)6-7-19-13(9,15)12(14)18-3/h4-5,15H,6-7H2,1-3H3. The highest BCUT2D eigenvalue weighted by Crippen LogP contribution is 2.41. The van der Waals surface area contributed by atoms with Gasteiger partial charge in [0.1, 0.15) is 0 Å². The lowest BCUT2D eigenvalue weighted by Gasteiger charge is -2.32. The Balaban J connectivity index is 2.61. The van der Waals surface area contributed by atoms with Crippen molar-refractivity contribution in [3.63, 3.8) is 0 Å². The zero-order valence-electron chi connectivity index (χ0n) is 11.1. The first-order valence-corrected chi connectivity index (χ1v) is 5.77. The molecule has 1 aliphatic heterocycles. The molecule has 1 aliphatic rings. The molecule has 1 atom stereocenters. The number of hydrogen-bond acceptors (Lipinski definition) is 6. The number of benzene rings is 1. The van der Waals surface area contributed by atoms with Crippen molar-refractivity contribution in [2.75, 3.05) is 27.9 Å². The average Bonchev–Trinajstić information content (AvgIpc) is 2.45. The summed E-state index contributed by atoms with van der Waals surface area (Å²) < 4.78 is 20.3. The maximum Gasteiger partial charge on any atom is 0.371 e. The van der Waals surface area contributed by atoms with Crippen molar-refractivity contribution in [2.24, 2.45) is 0 Å². The SMILES string of the molecule is COC(=O)C1(O)OCCc2c1ccc(OC)c2OC. The molecule has 1 unspecified atom stereocenters. The Morgan fingerprint density at radius 3 is 2.63 bits per heavy atom. The molecule has 0 bridgehead atoms. The number of carbonyl (C=O) groups excluding carboxylic acids is 1. The molecule has 1 heterocycles. The highest BCUT2D eigenvalue weighted by atomic mass is 16.7. The molecule has 1 aromatic rings. The summed E-state index contributed by atoms with van der Waals surface area (Å²) in [5.74, 6) is -1.93. The predicted molar refractivity (Wildman–Crippen MR) is 65.1 cm³/mol. The van der Waals surface area contributed by atoms with E-state index in [0.29, 0.717) is 29.0 Å². The van der Waals surface area contributed by atoms with Gasteiger partial charge in [0.25, 0.3) is 5.79 Å². The van der Waals surface area contributed by atoms with Crippen LogP contribution in [0.25, 0.3) is 0 Å². The number of hydrogen-bond donors (Lipinski definition) is 1. The van der Waals surface area contributed by atoms with Crippen molar-refractivity contribution in [3.05, 3.63) is 23.3 Å². The van der Waals surface area contributed by atoms with Crippen LogP contribution in [0.3, 0.4) is 0 Å². The number of fused-ring (bicyclic) bond motifs is 1. The van der Waals surface area contributed by atoms with Crippen molar-refractivity contribution < 1.29 is 28.8 Å². The third kappa shape index (κ3) is 2.02. The van der Waals surface area contributed by atoms with Crippen LogP contribution in [0.2, 0.25) is 0 Å². The molecule has 0 saturated carbocycles. The summed E-state index contributed by atoms with van der Waals surface area (Å²) in [5, 5.41) is 10.4. The fraction of sp³-hybridized carbons (Fsp3) is 0.462. The zero-order chi connectivity index (χ0) is 14.0. The van der Waals surface area contributed by atoms with Gasteiger partial charge in [-0.05, 0) is 12.1 Å². The van der Waals surface area contributed by atoms with Crippen LogP contribution in [0.4, 0.5) is 0 Å². The van der Waals surface area contributed by atoms with E-state index >= 15 is 0 Å². The maximum absolute atomic E-state index is 11.7. The van der Waals surface area contributed by atoms with Gasteiger partial charge in [-0.1, -0.05) is 0 Å². The highest BCUT2D eigenvalue weighted by Gasteiger charge is 2.46. The number of carbonyl (C=O) groups is 1. The minimum absolute atomic E-state index is 0.183. The summed E-state index contributed by atoms with van der Waals surface area (Å²) >= 11 is 0. The van der Waals surface area contributed by atoms with Gasteiger partial charge in [-0.25, -0.2) is 4.79 Å². The molecule has 0 saturated heterocycles. The summed E-state index contributed by atoms with van der Waals surface area (Å²) in [7, 11) is 4.22. The van der Waals surface area contributed by atoms with Crippen LogP contribution in [0.15, 0.2) is 12.1 Å². The molecule has 1 N–H and O–H groups in total. The molecular formula is C13H16O6. The molecule has 104 valence electrons. The zero-order valence-corrected chi connectivity index (χ0v) is 11.1. The van der Waals surface area contributed by atoms with E-state index in [9.17, 15) is 9.90 Å². The minimum atomic E-state index is -2.10. The van der Waals surface area contributed by atoms with Crippen LogP contribution >= 0.6 is 0 Å². The van der Waals surface area contributed by atoms with Gasteiger partial charge in [-0.15, -0.1) is 0 Å². The number of esters is 1. The molecular weight excluding hydrogens is 252 g/mol. The Bertz CT molecular complexity index is 498. The van der Waals surface area contributed by atoms with Crippen molar-refractivity contribution >= 4 is 5.97 Å². The first-order chi connectivity index (χ1) is 9.08. The second-order valence-corrected chi connectivity index (χ2v) is 4.06. The van der Waals surface area contributed by atoms with Gasteiger partial charge in [0, 0.05) is 17.5 Å². The third-order valence-electron chi connectivity index (χ3n) is 3.14. The largest absolute Gasteiger partial charge is 0.493 e. The fourth-order valence-electron chi connectivity index (χ4n) is 2.24. The van der Waals surface area contributed by atoms with E-state index in [2.05, 4.69) is 4.74 Å².